The van der Waals surface area contributed by atoms with Crippen molar-refractivity contribution >= 4 is 16.8 Å². The molecule has 1 saturated heterocycles. The molecule has 1 amide bonds. The summed E-state index contributed by atoms with van der Waals surface area (Å²) in [4.78, 5) is 31.8. The molecule has 208 valence electrons. The summed E-state index contributed by atoms with van der Waals surface area (Å²) in [5, 5.41) is 8.60. The number of carbonyl (C=O) groups excluding carboxylic acids is 1. The fourth-order valence-electron chi connectivity index (χ4n) is 6.12. The summed E-state index contributed by atoms with van der Waals surface area (Å²) in [6.07, 6.45) is 6.44. The minimum Gasteiger partial charge on any atom is -0.379 e. The Hall–Kier alpha value is -3.75. The maximum absolute atomic E-state index is 13.6. The van der Waals surface area contributed by atoms with Gasteiger partial charge in [0.15, 0.2) is 5.43 Å². The number of H-pyrrole nitrogens is 1. The first-order chi connectivity index (χ1) is 19.5. The number of pyridine rings is 1. The number of rotatable bonds is 7. The first kappa shape index (κ1) is 26.5. The van der Waals surface area contributed by atoms with Crippen molar-refractivity contribution in [1.82, 2.24) is 25.0 Å². The molecule has 2 aliphatic rings. The Morgan fingerprint density at radius 2 is 1.80 bits per heavy atom. The number of aromatic amines is 1. The van der Waals surface area contributed by atoms with Crippen molar-refractivity contribution in [2.24, 2.45) is 0 Å². The lowest BCUT2D eigenvalue weighted by Gasteiger charge is -2.26. The molecule has 2 fully saturated rings. The van der Waals surface area contributed by atoms with Gasteiger partial charge in [0.2, 0.25) is 0 Å². The molecule has 1 aliphatic carbocycles. The zero-order valence-electron chi connectivity index (χ0n) is 23.3. The molecule has 4 aromatic rings. The number of aryl methyl sites for hydroxylation is 2. The van der Waals surface area contributed by atoms with Crippen LogP contribution >= 0.6 is 0 Å². The molecule has 6 rings (SSSR count). The second kappa shape index (κ2) is 11.4. The molecule has 1 saturated carbocycles. The zero-order chi connectivity index (χ0) is 27.6. The van der Waals surface area contributed by atoms with Crippen LogP contribution in [0.5, 0.6) is 0 Å². The van der Waals surface area contributed by atoms with E-state index in [4.69, 9.17) is 9.84 Å². The second-order valence-corrected chi connectivity index (χ2v) is 11.2. The number of hydrogen-bond donors (Lipinski definition) is 2. The van der Waals surface area contributed by atoms with Crippen LogP contribution in [0.15, 0.2) is 53.5 Å². The maximum atomic E-state index is 13.6. The summed E-state index contributed by atoms with van der Waals surface area (Å²) >= 11 is 0. The van der Waals surface area contributed by atoms with Crippen molar-refractivity contribution in [1.29, 1.82) is 0 Å². The SMILES string of the molecule is Cc1cc(=O)c(CNC(=O)c2cc(-c3ccc(CN4CCOCC4)cc3)cc3c2cnn3C2CCCC2)c(C)[nH]1. The lowest BCUT2D eigenvalue weighted by Crippen LogP contribution is -2.35. The highest BCUT2D eigenvalue weighted by Gasteiger charge is 2.23. The van der Waals surface area contributed by atoms with Crippen molar-refractivity contribution in [3.05, 3.63) is 87.0 Å². The lowest BCUT2D eigenvalue weighted by atomic mass is 9.98. The van der Waals surface area contributed by atoms with Crippen molar-refractivity contribution < 1.29 is 9.53 Å². The molecule has 0 unspecified atom stereocenters. The van der Waals surface area contributed by atoms with Gasteiger partial charge in [0.05, 0.1) is 36.5 Å². The Labute approximate surface area is 234 Å². The molecule has 0 atom stereocenters. The third-order valence-electron chi connectivity index (χ3n) is 8.34. The van der Waals surface area contributed by atoms with E-state index in [9.17, 15) is 9.59 Å². The normalized spacial score (nSPS) is 16.6. The predicted octanol–water partition coefficient (Wildman–Crippen LogP) is 4.89. The minimum absolute atomic E-state index is 0.0702. The van der Waals surface area contributed by atoms with Crippen LogP contribution in [0.2, 0.25) is 0 Å². The number of amides is 1. The van der Waals surface area contributed by atoms with E-state index in [1.165, 1.54) is 18.4 Å². The molecule has 40 heavy (non-hydrogen) atoms. The Balaban J connectivity index is 1.32. The van der Waals surface area contributed by atoms with Crippen LogP contribution in [0, 0.1) is 13.8 Å². The molecule has 2 aromatic heterocycles. The van der Waals surface area contributed by atoms with Gasteiger partial charge in [0, 0.05) is 54.6 Å². The van der Waals surface area contributed by atoms with Crippen LogP contribution in [0.3, 0.4) is 0 Å². The number of fused-ring (bicyclic) bond motifs is 1. The predicted molar refractivity (Wildman–Crippen MR) is 156 cm³/mol. The van der Waals surface area contributed by atoms with Gasteiger partial charge in [0.25, 0.3) is 5.91 Å². The number of hydrogen-bond acceptors (Lipinski definition) is 5. The number of aromatic nitrogens is 3. The van der Waals surface area contributed by atoms with Gasteiger partial charge in [-0.3, -0.25) is 19.2 Å². The van der Waals surface area contributed by atoms with Gasteiger partial charge in [-0.1, -0.05) is 37.1 Å². The van der Waals surface area contributed by atoms with E-state index in [2.05, 4.69) is 50.2 Å². The van der Waals surface area contributed by atoms with E-state index < -0.39 is 0 Å². The molecule has 8 heteroatoms. The van der Waals surface area contributed by atoms with E-state index in [0.29, 0.717) is 17.2 Å². The highest BCUT2D eigenvalue weighted by Crippen LogP contribution is 2.35. The fraction of sp³-hybridized carbons (Fsp3) is 0.406. The third-order valence-corrected chi connectivity index (χ3v) is 8.34. The van der Waals surface area contributed by atoms with Crippen molar-refractivity contribution in [3.63, 3.8) is 0 Å². The summed E-state index contributed by atoms with van der Waals surface area (Å²) in [5.41, 5.74) is 6.96. The second-order valence-electron chi connectivity index (χ2n) is 11.2. The Kier molecular flexibility index (Phi) is 7.54. The van der Waals surface area contributed by atoms with Gasteiger partial charge in [-0.25, -0.2) is 0 Å². The molecular formula is C32H37N5O3. The summed E-state index contributed by atoms with van der Waals surface area (Å²) < 4.78 is 7.60. The van der Waals surface area contributed by atoms with Crippen LogP contribution in [-0.4, -0.2) is 51.9 Å². The molecule has 0 spiro atoms. The number of nitrogens with zero attached hydrogens (tertiary/aromatic N) is 3. The smallest absolute Gasteiger partial charge is 0.252 e. The highest BCUT2D eigenvalue weighted by atomic mass is 16.5. The van der Waals surface area contributed by atoms with Crippen LogP contribution in [0.1, 0.15) is 64.6 Å². The molecule has 0 bridgehead atoms. The topological polar surface area (TPSA) is 92.2 Å². The van der Waals surface area contributed by atoms with E-state index in [-0.39, 0.29) is 17.9 Å². The van der Waals surface area contributed by atoms with Gasteiger partial charge in [0.1, 0.15) is 0 Å². The molecule has 0 radical (unpaired) electrons. The van der Waals surface area contributed by atoms with Crippen molar-refractivity contribution in [3.8, 4) is 11.1 Å². The van der Waals surface area contributed by atoms with E-state index in [1.807, 2.05) is 26.1 Å². The van der Waals surface area contributed by atoms with E-state index >= 15 is 0 Å². The number of ether oxygens (including phenoxy) is 1. The van der Waals surface area contributed by atoms with E-state index in [0.717, 1.165) is 79.1 Å². The molecule has 3 heterocycles. The van der Waals surface area contributed by atoms with Gasteiger partial charge in [-0.15, -0.1) is 0 Å². The standard InChI is InChI=1S/C32H37N5O3/c1-21-15-31(38)28(22(2)35-21)18-33-32(39)27-16-25(17-30-29(27)19-34-37(30)26-5-3-4-6-26)24-9-7-23(8-10-24)20-36-11-13-40-14-12-36/h7-10,15-17,19,26H,3-6,11-14,18,20H2,1-2H3,(H,33,39)(H,35,38). The zero-order valence-corrected chi connectivity index (χ0v) is 23.3. The Bertz CT molecular complexity index is 1570. The van der Waals surface area contributed by atoms with Gasteiger partial charge < -0.3 is 15.0 Å². The summed E-state index contributed by atoms with van der Waals surface area (Å²) in [6, 6.07) is 14.7. The Morgan fingerprint density at radius 3 is 2.52 bits per heavy atom. The van der Waals surface area contributed by atoms with Crippen LogP contribution in [0.25, 0.3) is 22.0 Å². The quantitative estimate of drug-likeness (QED) is 0.349. The number of carbonyl (C=O) groups is 1. The lowest BCUT2D eigenvalue weighted by molar-refractivity contribution is 0.0342. The van der Waals surface area contributed by atoms with Crippen molar-refractivity contribution in [2.45, 2.75) is 58.7 Å². The molecule has 2 N–H and O–H groups in total. The highest BCUT2D eigenvalue weighted by molar-refractivity contribution is 6.08. The average Bonchev–Trinajstić information content (AvgIpc) is 3.63. The van der Waals surface area contributed by atoms with Crippen LogP contribution in [-0.2, 0) is 17.8 Å². The third kappa shape index (κ3) is 5.46. The first-order valence-corrected chi connectivity index (χ1v) is 14.3. The fourth-order valence-corrected chi connectivity index (χ4v) is 6.12. The number of nitrogens with one attached hydrogen (secondary N) is 2. The van der Waals surface area contributed by atoms with Gasteiger partial charge in [-0.2, -0.15) is 5.10 Å². The summed E-state index contributed by atoms with van der Waals surface area (Å²) in [7, 11) is 0. The summed E-state index contributed by atoms with van der Waals surface area (Å²) in [5.74, 6) is -0.207. The van der Waals surface area contributed by atoms with Gasteiger partial charge in [-0.05, 0) is 55.5 Å². The molecule has 2 aromatic carbocycles. The first-order valence-electron chi connectivity index (χ1n) is 14.3. The molecule has 8 nitrogen and oxygen atoms in total. The van der Waals surface area contributed by atoms with Crippen molar-refractivity contribution in [2.75, 3.05) is 26.3 Å². The minimum atomic E-state index is -0.207. The maximum Gasteiger partial charge on any atom is 0.252 e. The molecular weight excluding hydrogens is 502 g/mol. The number of morpholine rings is 1. The van der Waals surface area contributed by atoms with Gasteiger partial charge >= 0.3 is 0 Å². The van der Waals surface area contributed by atoms with Crippen LogP contribution in [0.4, 0.5) is 0 Å². The monoisotopic (exact) mass is 539 g/mol. The summed E-state index contributed by atoms with van der Waals surface area (Å²) in [6.45, 7) is 8.28. The molecule has 1 aliphatic heterocycles. The Morgan fingerprint density at radius 1 is 1.05 bits per heavy atom. The largest absolute Gasteiger partial charge is 0.379 e. The van der Waals surface area contributed by atoms with E-state index in [1.54, 1.807) is 6.07 Å². The average molecular weight is 540 g/mol. The number of benzene rings is 2. The van der Waals surface area contributed by atoms with Crippen LogP contribution < -0.4 is 10.7 Å².